The molecule has 6 nitrogen and oxygen atoms in total. The molecule has 0 N–H and O–H groups in total. The average Bonchev–Trinajstić information content (AvgIpc) is 3.35. The first-order chi connectivity index (χ1) is 34.7. The molecular formula is C65H126O6. The highest BCUT2D eigenvalue weighted by Crippen LogP contribution is 2.19. The van der Waals surface area contributed by atoms with E-state index in [1.165, 1.54) is 257 Å². The summed E-state index contributed by atoms with van der Waals surface area (Å²) in [5, 5.41) is 0. The number of hydrogen-bond donors (Lipinski definition) is 0. The molecule has 0 saturated heterocycles. The number of unbranched alkanes of at least 4 members (excludes halogenated alkanes) is 44. The highest BCUT2D eigenvalue weighted by molar-refractivity contribution is 5.71. The molecule has 0 aliphatic carbocycles. The van der Waals surface area contributed by atoms with E-state index in [2.05, 4.69) is 34.6 Å². The largest absolute Gasteiger partial charge is 0.462 e. The van der Waals surface area contributed by atoms with E-state index < -0.39 is 6.10 Å². The van der Waals surface area contributed by atoms with Gasteiger partial charge < -0.3 is 14.2 Å². The van der Waals surface area contributed by atoms with Crippen LogP contribution in [0, 0.1) is 11.8 Å². The van der Waals surface area contributed by atoms with Crippen molar-refractivity contribution in [1.82, 2.24) is 0 Å². The Morgan fingerprint density at radius 1 is 0.268 bits per heavy atom. The Balaban J connectivity index is 4.23. The van der Waals surface area contributed by atoms with Crippen LogP contribution in [0.25, 0.3) is 0 Å². The van der Waals surface area contributed by atoms with Gasteiger partial charge in [-0.3, -0.25) is 14.4 Å². The lowest BCUT2D eigenvalue weighted by molar-refractivity contribution is -0.167. The van der Waals surface area contributed by atoms with Gasteiger partial charge in [0.25, 0.3) is 0 Å². The zero-order valence-corrected chi connectivity index (χ0v) is 48.9. The van der Waals surface area contributed by atoms with E-state index in [9.17, 15) is 14.4 Å². The molecule has 0 fully saturated rings. The summed E-state index contributed by atoms with van der Waals surface area (Å²) in [5.41, 5.74) is 0. The summed E-state index contributed by atoms with van der Waals surface area (Å²) < 4.78 is 17.0. The lowest BCUT2D eigenvalue weighted by Crippen LogP contribution is -2.30. The molecule has 0 heterocycles. The van der Waals surface area contributed by atoms with Gasteiger partial charge in [0, 0.05) is 19.3 Å². The van der Waals surface area contributed by atoms with Gasteiger partial charge in [-0.15, -0.1) is 0 Å². The van der Waals surface area contributed by atoms with Crippen molar-refractivity contribution in [1.29, 1.82) is 0 Å². The van der Waals surface area contributed by atoms with Gasteiger partial charge >= 0.3 is 17.9 Å². The lowest BCUT2D eigenvalue weighted by atomic mass is 10.0. The first-order valence-electron chi connectivity index (χ1n) is 32.2. The summed E-state index contributed by atoms with van der Waals surface area (Å²) >= 11 is 0. The van der Waals surface area contributed by atoms with Crippen molar-refractivity contribution in [2.45, 2.75) is 375 Å². The summed E-state index contributed by atoms with van der Waals surface area (Å²) in [6.45, 7) is 11.5. The minimum atomic E-state index is -0.763. The zero-order chi connectivity index (χ0) is 51.8. The second-order valence-electron chi connectivity index (χ2n) is 23.4. The number of ether oxygens (including phenoxy) is 3. The molecule has 0 aliphatic rings. The van der Waals surface area contributed by atoms with Crippen LogP contribution in [-0.2, 0) is 28.6 Å². The van der Waals surface area contributed by atoms with E-state index in [4.69, 9.17) is 14.2 Å². The van der Waals surface area contributed by atoms with Crippen molar-refractivity contribution in [2.24, 2.45) is 11.8 Å². The monoisotopic (exact) mass is 1000 g/mol. The van der Waals surface area contributed by atoms with Crippen molar-refractivity contribution in [3.8, 4) is 0 Å². The van der Waals surface area contributed by atoms with Crippen LogP contribution < -0.4 is 0 Å². The summed E-state index contributed by atoms with van der Waals surface area (Å²) in [6.07, 6.45) is 63.9. The van der Waals surface area contributed by atoms with E-state index in [0.29, 0.717) is 19.3 Å². The maximum absolute atomic E-state index is 12.9. The highest BCUT2D eigenvalue weighted by atomic mass is 16.6. The molecule has 0 unspecified atom stereocenters. The van der Waals surface area contributed by atoms with Crippen molar-refractivity contribution in [3.63, 3.8) is 0 Å². The molecule has 0 aromatic rings. The quantitative estimate of drug-likeness (QED) is 0.0343. The molecule has 0 rings (SSSR count). The summed E-state index contributed by atoms with van der Waals surface area (Å²) in [7, 11) is 0. The van der Waals surface area contributed by atoms with Crippen LogP contribution >= 0.6 is 0 Å². The summed E-state index contributed by atoms with van der Waals surface area (Å²) in [6, 6.07) is 0. The molecule has 71 heavy (non-hydrogen) atoms. The van der Waals surface area contributed by atoms with Gasteiger partial charge in [-0.05, 0) is 31.1 Å². The fourth-order valence-electron chi connectivity index (χ4n) is 10.1. The number of hydrogen-bond acceptors (Lipinski definition) is 6. The molecule has 0 aromatic heterocycles. The van der Waals surface area contributed by atoms with Crippen molar-refractivity contribution in [2.75, 3.05) is 13.2 Å². The predicted molar refractivity (Wildman–Crippen MR) is 307 cm³/mol. The smallest absolute Gasteiger partial charge is 0.306 e. The van der Waals surface area contributed by atoms with Gasteiger partial charge in [0.2, 0.25) is 0 Å². The number of carbonyl (C=O) groups excluding carboxylic acids is 3. The van der Waals surface area contributed by atoms with Gasteiger partial charge in [-0.1, -0.05) is 330 Å². The van der Waals surface area contributed by atoms with Crippen molar-refractivity contribution in [3.05, 3.63) is 0 Å². The van der Waals surface area contributed by atoms with E-state index in [1.807, 2.05) is 0 Å². The van der Waals surface area contributed by atoms with Crippen LogP contribution in [0.1, 0.15) is 369 Å². The van der Waals surface area contributed by atoms with E-state index in [1.54, 1.807) is 0 Å². The Bertz CT molecular complexity index is 1090. The second-order valence-corrected chi connectivity index (χ2v) is 23.4. The molecule has 0 saturated carbocycles. The first kappa shape index (κ1) is 69.4. The lowest BCUT2D eigenvalue weighted by Gasteiger charge is -2.18. The van der Waals surface area contributed by atoms with Gasteiger partial charge in [0.05, 0.1) is 0 Å². The van der Waals surface area contributed by atoms with Crippen LogP contribution in [0.2, 0.25) is 0 Å². The van der Waals surface area contributed by atoms with Gasteiger partial charge in [0.15, 0.2) is 6.10 Å². The zero-order valence-electron chi connectivity index (χ0n) is 48.9. The molecule has 0 aromatic carbocycles. The predicted octanol–water partition coefficient (Wildman–Crippen LogP) is 21.6. The molecule has 0 amide bonds. The second kappa shape index (κ2) is 57.7. The molecule has 0 aliphatic heterocycles. The van der Waals surface area contributed by atoms with Gasteiger partial charge in [-0.2, -0.15) is 0 Å². The van der Waals surface area contributed by atoms with Crippen molar-refractivity contribution < 1.29 is 28.6 Å². The van der Waals surface area contributed by atoms with E-state index in [-0.39, 0.29) is 31.1 Å². The molecular weight excluding hydrogens is 877 g/mol. The van der Waals surface area contributed by atoms with Gasteiger partial charge in [-0.25, -0.2) is 0 Å². The minimum absolute atomic E-state index is 0.0617. The normalized spacial score (nSPS) is 12.0. The molecule has 0 spiro atoms. The minimum Gasteiger partial charge on any atom is -0.462 e. The van der Waals surface area contributed by atoms with Gasteiger partial charge in [0.1, 0.15) is 13.2 Å². The summed E-state index contributed by atoms with van der Waals surface area (Å²) in [5.74, 6) is 0.882. The fourth-order valence-corrected chi connectivity index (χ4v) is 10.1. The third-order valence-corrected chi connectivity index (χ3v) is 15.0. The van der Waals surface area contributed by atoms with Crippen LogP contribution in [0.5, 0.6) is 0 Å². The first-order valence-corrected chi connectivity index (χ1v) is 32.2. The third-order valence-electron chi connectivity index (χ3n) is 15.0. The maximum Gasteiger partial charge on any atom is 0.306 e. The fraction of sp³-hybridized carbons (Fsp3) is 0.954. The van der Waals surface area contributed by atoms with Crippen molar-refractivity contribution >= 4 is 17.9 Å². The molecule has 0 radical (unpaired) electrons. The van der Waals surface area contributed by atoms with Crippen LogP contribution in [0.3, 0.4) is 0 Å². The Morgan fingerprint density at radius 3 is 0.690 bits per heavy atom. The Labute approximate surface area is 444 Å². The van der Waals surface area contributed by atoms with E-state index in [0.717, 1.165) is 69.6 Å². The topological polar surface area (TPSA) is 78.9 Å². The molecule has 1 atom stereocenters. The maximum atomic E-state index is 12.9. The summed E-state index contributed by atoms with van der Waals surface area (Å²) in [4.78, 5) is 38.3. The SMILES string of the molecule is CCCCCCCCCCCCCCCC(=O)O[C@H](COC(=O)CCCCCCCCCCCCCCCCCCCCC(C)C)COC(=O)CCCCCCCCCCCCCCCCCCC(C)C. The standard InChI is InChI=1S/C65H126O6/c1-6-7-8-9-10-11-12-23-32-37-42-47-52-57-65(68)71-62(59-70-64(67)56-51-46-41-36-31-27-22-18-17-20-25-29-34-39-44-49-54-61(4)5)58-69-63(66)55-50-45-40-35-30-26-21-16-14-13-15-19-24-28-33-38-43-48-53-60(2)3/h60-62H,6-59H2,1-5H3/t62-/m1/s1. The Kier molecular flexibility index (Phi) is 56.4. The Morgan fingerprint density at radius 2 is 0.465 bits per heavy atom. The molecule has 6 heteroatoms. The van der Waals surface area contributed by atoms with Crippen LogP contribution in [-0.4, -0.2) is 37.2 Å². The highest BCUT2D eigenvalue weighted by Gasteiger charge is 2.19. The number of carbonyl (C=O) groups is 3. The number of esters is 3. The average molecular weight is 1000 g/mol. The molecule has 0 bridgehead atoms. The number of rotatable bonds is 59. The molecule has 422 valence electrons. The van der Waals surface area contributed by atoms with Crippen LogP contribution in [0.4, 0.5) is 0 Å². The van der Waals surface area contributed by atoms with E-state index >= 15 is 0 Å². The third kappa shape index (κ3) is 59.2. The Hall–Kier alpha value is -1.59. The van der Waals surface area contributed by atoms with Crippen LogP contribution in [0.15, 0.2) is 0 Å².